The lowest BCUT2D eigenvalue weighted by molar-refractivity contribution is -0.523. The Hall–Kier alpha value is -2.31. The van der Waals surface area contributed by atoms with E-state index in [4.69, 9.17) is 14.9 Å². The summed E-state index contributed by atoms with van der Waals surface area (Å²) in [5, 5.41) is 22.6. The van der Waals surface area contributed by atoms with Gasteiger partial charge in [-0.1, -0.05) is 12.5 Å². The molecule has 1 fully saturated rings. The van der Waals surface area contributed by atoms with Gasteiger partial charge in [-0.15, -0.1) is 0 Å². The van der Waals surface area contributed by atoms with Crippen molar-refractivity contribution in [3.8, 4) is 11.5 Å². The molecule has 1 aromatic carbocycles. The summed E-state index contributed by atoms with van der Waals surface area (Å²) in [6.45, 7) is 1.81. The van der Waals surface area contributed by atoms with Gasteiger partial charge in [0.15, 0.2) is 11.5 Å². The molecular formula is C16H21N3O4. The van der Waals surface area contributed by atoms with Crippen molar-refractivity contribution >= 4 is 5.84 Å². The lowest BCUT2D eigenvalue weighted by Gasteiger charge is -2.28. The molecule has 3 rings (SSSR count). The van der Waals surface area contributed by atoms with E-state index in [-0.39, 0.29) is 23.7 Å². The van der Waals surface area contributed by atoms with Crippen LogP contribution in [0.1, 0.15) is 44.1 Å². The molecule has 0 radical (unpaired) electrons. The number of hydrogen-bond donors (Lipinski definition) is 2. The van der Waals surface area contributed by atoms with Crippen molar-refractivity contribution in [3.05, 3.63) is 33.9 Å². The van der Waals surface area contributed by atoms with Gasteiger partial charge < -0.3 is 14.8 Å². The molecule has 0 spiro atoms. The zero-order chi connectivity index (χ0) is 16.4. The first kappa shape index (κ1) is 15.6. The van der Waals surface area contributed by atoms with Crippen LogP contribution in [0.5, 0.6) is 11.5 Å². The van der Waals surface area contributed by atoms with Gasteiger partial charge in [-0.2, -0.15) is 0 Å². The fourth-order valence-corrected chi connectivity index (χ4v) is 3.40. The summed E-state index contributed by atoms with van der Waals surface area (Å²) in [6.07, 6.45) is 3.44. The van der Waals surface area contributed by atoms with Crippen molar-refractivity contribution in [2.75, 3.05) is 6.79 Å². The molecule has 0 aliphatic carbocycles. The Morgan fingerprint density at radius 2 is 2.13 bits per heavy atom. The summed E-state index contributed by atoms with van der Waals surface area (Å²) < 4.78 is 10.7. The van der Waals surface area contributed by atoms with Crippen molar-refractivity contribution in [2.24, 2.45) is 0 Å². The Bertz CT molecular complexity index is 619. The van der Waals surface area contributed by atoms with E-state index in [0.29, 0.717) is 23.8 Å². The van der Waals surface area contributed by atoms with Gasteiger partial charge in [-0.05, 0) is 30.5 Å². The Morgan fingerprint density at radius 3 is 2.91 bits per heavy atom. The molecule has 2 N–H and O–H groups in total. The smallest absolute Gasteiger partial charge is 0.231 e. The summed E-state index contributed by atoms with van der Waals surface area (Å²) in [5.74, 6) is 1.45. The maximum Gasteiger partial charge on any atom is 0.231 e. The minimum Gasteiger partial charge on any atom is -0.454 e. The molecule has 0 amide bonds. The van der Waals surface area contributed by atoms with Crippen LogP contribution in [0.4, 0.5) is 0 Å². The standard InChI is InChI=1S/C16H21N3O4/c1-10(19(20)21)16(12-4-2-3-5-15(17)18-12)11-6-7-13-14(8-11)23-9-22-13/h6-8,10,12,16H,2-5,9H2,1H3,(H2,17,18). The van der Waals surface area contributed by atoms with Gasteiger partial charge in [-0.25, -0.2) is 0 Å². The van der Waals surface area contributed by atoms with Crippen molar-refractivity contribution in [2.45, 2.75) is 50.6 Å². The van der Waals surface area contributed by atoms with E-state index in [1.54, 1.807) is 13.0 Å². The third-order valence-electron chi connectivity index (χ3n) is 4.62. The number of hydrogen-bond acceptors (Lipinski definition) is 5. The van der Waals surface area contributed by atoms with Crippen LogP contribution >= 0.6 is 0 Å². The molecule has 0 aromatic heterocycles. The number of ether oxygens (including phenoxy) is 2. The minimum absolute atomic E-state index is 0.120. The summed E-state index contributed by atoms with van der Waals surface area (Å²) in [5.41, 5.74) is 0.852. The predicted molar refractivity (Wildman–Crippen MR) is 84.9 cm³/mol. The number of nitrogens with zero attached hydrogens (tertiary/aromatic N) is 1. The minimum atomic E-state index is -0.751. The Morgan fingerprint density at radius 1 is 1.35 bits per heavy atom. The van der Waals surface area contributed by atoms with Crippen LogP contribution in [-0.4, -0.2) is 29.6 Å². The second-order valence-electron chi connectivity index (χ2n) is 6.14. The molecule has 1 saturated heterocycles. The molecule has 0 saturated carbocycles. The van der Waals surface area contributed by atoms with Gasteiger partial charge in [0.25, 0.3) is 0 Å². The van der Waals surface area contributed by atoms with Gasteiger partial charge in [0, 0.05) is 24.3 Å². The maximum atomic E-state index is 11.4. The molecule has 3 unspecified atom stereocenters. The van der Waals surface area contributed by atoms with Crippen molar-refractivity contribution in [3.63, 3.8) is 0 Å². The molecule has 2 aliphatic rings. The van der Waals surface area contributed by atoms with Crippen LogP contribution in [0.25, 0.3) is 0 Å². The van der Waals surface area contributed by atoms with Crippen LogP contribution in [0, 0.1) is 15.5 Å². The van der Waals surface area contributed by atoms with E-state index < -0.39 is 6.04 Å². The van der Waals surface area contributed by atoms with E-state index in [1.807, 2.05) is 12.1 Å². The summed E-state index contributed by atoms with van der Waals surface area (Å²) in [4.78, 5) is 11.2. The first-order valence-corrected chi connectivity index (χ1v) is 7.93. The van der Waals surface area contributed by atoms with Crippen LogP contribution in [0.3, 0.4) is 0 Å². The molecule has 0 bridgehead atoms. The molecule has 2 heterocycles. The average molecular weight is 319 g/mol. The molecule has 23 heavy (non-hydrogen) atoms. The van der Waals surface area contributed by atoms with Gasteiger partial charge in [-0.3, -0.25) is 15.5 Å². The molecular weight excluding hydrogens is 298 g/mol. The summed E-state index contributed by atoms with van der Waals surface area (Å²) in [6, 6.07) is 4.64. The fraction of sp³-hybridized carbons (Fsp3) is 0.562. The zero-order valence-corrected chi connectivity index (χ0v) is 13.1. The number of rotatable bonds is 4. The largest absolute Gasteiger partial charge is 0.454 e. The number of nitro groups is 1. The predicted octanol–water partition coefficient (Wildman–Crippen LogP) is 2.67. The molecule has 1 aromatic rings. The third-order valence-corrected chi connectivity index (χ3v) is 4.62. The lowest BCUT2D eigenvalue weighted by Crippen LogP contribution is -2.43. The van der Waals surface area contributed by atoms with E-state index in [1.165, 1.54) is 0 Å². The Labute approximate surface area is 134 Å². The van der Waals surface area contributed by atoms with Crippen molar-refractivity contribution in [1.29, 1.82) is 5.41 Å². The quantitative estimate of drug-likeness (QED) is 0.657. The highest BCUT2D eigenvalue weighted by Gasteiger charge is 2.37. The molecule has 2 aliphatic heterocycles. The Balaban J connectivity index is 1.94. The van der Waals surface area contributed by atoms with Crippen LogP contribution in [-0.2, 0) is 0 Å². The first-order valence-electron chi connectivity index (χ1n) is 7.93. The lowest BCUT2D eigenvalue weighted by atomic mass is 9.83. The monoisotopic (exact) mass is 319 g/mol. The summed E-state index contributed by atoms with van der Waals surface area (Å²) in [7, 11) is 0. The van der Waals surface area contributed by atoms with Crippen LogP contribution < -0.4 is 14.8 Å². The molecule has 7 heteroatoms. The number of benzene rings is 1. The SMILES string of the molecule is CC(C(c1ccc2c(c1)OCO2)C1CCCCC(=N)N1)[N+](=O)[O-]. The molecule has 7 nitrogen and oxygen atoms in total. The highest BCUT2D eigenvalue weighted by molar-refractivity contribution is 5.79. The van der Waals surface area contributed by atoms with E-state index in [0.717, 1.165) is 24.8 Å². The third kappa shape index (κ3) is 3.23. The zero-order valence-electron chi connectivity index (χ0n) is 13.1. The number of amidine groups is 1. The fourth-order valence-electron chi connectivity index (χ4n) is 3.40. The van der Waals surface area contributed by atoms with Gasteiger partial charge in [0.05, 0.1) is 11.8 Å². The van der Waals surface area contributed by atoms with E-state index >= 15 is 0 Å². The number of fused-ring (bicyclic) bond motifs is 1. The topological polar surface area (TPSA) is 97.5 Å². The van der Waals surface area contributed by atoms with Gasteiger partial charge in [0.2, 0.25) is 12.8 Å². The normalized spacial score (nSPS) is 22.8. The van der Waals surface area contributed by atoms with Gasteiger partial charge >= 0.3 is 0 Å². The average Bonchev–Trinajstić information content (AvgIpc) is 2.88. The second-order valence-corrected chi connectivity index (χ2v) is 6.14. The Kier molecular flexibility index (Phi) is 4.36. The van der Waals surface area contributed by atoms with Gasteiger partial charge in [0.1, 0.15) is 0 Å². The van der Waals surface area contributed by atoms with Crippen molar-refractivity contribution < 1.29 is 14.4 Å². The van der Waals surface area contributed by atoms with E-state index in [9.17, 15) is 10.1 Å². The van der Waals surface area contributed by atoms with Crippen LogP contribution in [0.2, 0.25) is 0 Å². The summed E-state index contributed by atoms with van der Waals surface area (Å²) >= 11 is 0. The van der Waals surface area contributed by atoms with Crippen LogP contribution in [0.15, 0.2) is 18.2 Å². The molecule has 124 valence electrons. The maximum absolute atomic E-state index is 11.4. The highest BCUT2D eigenvalue weighted by atomic mass is 16.7. The first-order chi connectivity index (χ1) is 11.1. The van der Waals surface area contributed by atoms with E-state index in [2.05, 4.69) is 5.32 Å². The second kappa shape index (κ2) is 6.44. The highest BCUT2D eigenvalue weighted by Crippen LogP contribution is 2.38. The van der Waals surface area contributed by atoms with Crippen molar-refractivity contribution in [1.82, 2.24) is 5.32 Å². The number of nitrogens with one attached hydrogen (secondary N) is 2. The molecule has 3 atom stereocenters.